The molecule has 0 radical (unpaired) electrons. The molecule has 1 aliphatic rings. The van der Waals surface area contributed by atoms with Crippen LogP contribution in [-0.2, 0) is 0 Å². The van der Waals surface area contributed by atoms with E-state index < -0.39 is 5.91 Å². The van der Waals surface area contributed by atoms with Crippen molar-refractivity contribution < 1.29 is 9.53 Å². The summed E-state index contributed by atoms with van der Waals surface area (Å²) in [6.07, 6.45) is 8.96. The minimum absolute atomic E-state index is 0.445. The molecule has 2 aromatic carbocycles. The number of methoxy groups -OCH3 is 1. The van der Waals surface area contributed by atoms with Gasteiger partial charge >= 0.3 is 0 Å². The Labute approximate surface area is 173 Å². The monoisotopic (exact) mass is 390 g/mol. The van der Waals surface area contributed by atoms with Crippen LogP contribution >= 0.6 is 0 Å². The Bertz CT molecular complexity index is 909. The topological polar surface area (TPSA) is 68.1 Å². The molecule has 4 nitrogen and oxygen atoms in total. The molecule has 0 unspecified atom stereocenters. The van der Waals surface area contributed by atoms with Crippen LogP contribution in [0, 0.1) is 5.92 Å². The molecule has 1 amide bonds. The molecular weight excluding hydrogens is 360 g/mol. The second kappa shape index (κ2) is 9.97. The molecule has 0 aliphatic heterocycles. The maximum atomic E-state index is 11.2. The lowest BCUT2D eigenvalue weighted by Crippen LogP contribution is -2.10. The number of ether oxygens (including phenoxy) is 1. The smallest absolute Gasteiger partial charge is 0.250 e. The van der Waals surface area contributed by atoms with E-state index in [2.05, 4.69) is 42.2 Å². The summed E-state index contributed by atoms with van der Waals surface area (Å²) >= 11 is 0. The van der Waals surface area contributed by atoms with Crippen LogP contribution in [0.5, 0.6) is 5.75 Å². The van der Waals surface area contributed by atoms with E-state index in [0.717, 1.165) is 28.7 Å². The lowest BCUT2D eigenvalue weighted by atomic mass is 9.79. The van der Waals surface area contributed by atoms with Gasteiger partial charge in [-0.05, 0) is 47.9 Å². The highest BCUT2D eigenvalue weighted by Crippen LogP contribution is 2.35. The maximum Gasteiger partial charge on any atom is 0.250 e. The van der Waals surface area contributed by atoms with E-state index in [0.29, 0.717) is 5.56 Å². The molecule has 0 spiro atoms. The van der Waals surface area contributed by atoms with Crippen LogP contribution in [0.1, 0.15) is 54.4 Å². The fourth-order valence-corrected chi connectivity index (χ4v) is 3.92. The zero-order valence-corrected chi connectivity index (χ0v) is 17.2. The summed E-state index contributed by atoms with van der Waals surface area (Å²) in [6.45, 7) is 2.38. The predicted octanol–water partition coefficient (Wildman–Crippen LogP) is 5.77. The van der Waals surface area contributed by atoms with Gasteiger partial charge in [0, 0.05) is 18.0 Å². The van der Waals surface area contributed by atoms with E-state index in [1.54, 1.807) is 25.1 Å². The van der Waals surface area contributed by atoms with Crippen molar-refractivity contribution in [3.05, 3.63) is 78.1 Å². The average molecular weight is 391 g/mol. The third-order valence-electron chi connectivity index (χ3n) is 5.68. The highest BCUT2D eigenvalue weighted by Gasteiger charge is 2.18. The molecule has 1 saturated carbocycles. The zero-order chi connectivity index (χ0) is 20.6. The average Bonchev–Trinajstić information content (AvgIpc) is 3.26. The summed E-state index contributed by atoms with van der Waals surface area (Å²) in [7, 11) is 1.60. The van der Waals surface area contributed by atoms with Crippen molar-refractivity contribution in [1.82, 2.24) is 4.98 Å². The lowest BCUT2D eigenvalue weighted by Gasteiger charge is -2.26. The normalized spacial score (nSPS) is 18.4. The quantitative estimate of drug-likeness (QED) is 0.594. The van der Waals surface area contributed by atoms with Crippen molar-refractivity contribution in [3.8, 4) is 16.9 Å². The van der Waals surface area contributed by atoms with Gasteiger partial charge in [0.05, 0.1) is 12.7 Å². The van der Waals surface area contributed by atoms with E-state index in [4.69, 9.17) is 10.5 Å². The van der Waals surface area contributed by atoms with Crippen LogP contribution in [0.2, 0.25) is 0 Å². The molecular formula is C25H30N2O2. The van der Waals surface area contributed by atoms with Gasteiger partial charge in [0.25, 0.3) is 5.91 Å². The number of hydrogen-bond acceptors (Lipinski definition) is 2. The predicted molar refractivity (Wildman–Crippen MR) is 118 cm³/mol. The summed E-state index contributed by atoms with van der Waals surface area (Å²) < 4.78 is 5.13. The van der Waals surface area contributed by atoms with Crippen molar-refractivity contribution in [2.75, 3.05) is 7.11 Å². The Morgan fingerprint density at radius 2 is 1.72 bits per heavy atom. The van der Waals surface area contributed by atoms with Gasteiger partial charge in [-0.15, -0.1) is 0 Å². The molecule has 0 atom stereocenters. The third-order valence-corrected chi connectivity index (χ3v) is 5.68. The molecule has 3 N–H and O–H groups in total. The number of nitrogens with one attached hydrogen (secondary N) is 1. The first kappa shape index (κ1) is 20.7. The van der Waals surface area contributed by atoms with Crippen molar-refractivity contribution in [1.29, 1.82) is 0 Å². The summed E-state index contributed by atoms with van der Waals surface area (Å²) in [4.78, 5) is 14.1. The fraction of sp³-hybridized carbons (Fsp3) is 0.320. The largest absolute Gasteiger partial charge is 0.497 e. The maximum absolute atomic E-state index is 11.2. The van der Waals surface area contributed by atoms with Crippen LogP contribution in [0.15, 0.2) is 67.0 Å². The van der Waals surface area contributed by atoms with E-state index in [1.807, 2.05) is 24.3 Å². The highest BCUT2D eigenvalue weighted by molar-refractivity contribution is 5.99. The van der Waals surface area contributed by atoms with Crippen molar-refractivity contribution in [2.45, 2.75) is 38.5 Å². The fourth-order valence-electron chi connectivity index (χ4n) is 3.92. The summed E-state index contributed by atoms with van der Waals surface area (Å²) in [6, 6.07) is 18.5. The molecule has 1 heterocycles. The van der Waals surface area contributed by atoms with Gasteiger partial charge in [-0.2, -0.15) is 0 Å². The van der Waals surface area contributed by atoms with Gasteiger partial charge < -0.3 is 15.5 Å². The van der Waals surface area contributed by atoms with Crippen LogP contribution in [-0.4, -0.2) is 18.0 Å². The van der Waals surface area contributed by atoms with Crippen LogP contribution in [0.3, 0.4) is 0 Å². The van der Waals surface area contributed by atoms with Gasteiger partial charge in [-0.25, -0.2) is 0 Å². The molecule has 4 heteroatoms. The zero-order valence-electron chi connectivity index (χ0n) is 17.2. The molecule has 0 saturated heterocycles. The molecule has 1 aromatic heterocycles. The van der Waals surface area contributed by atoms with Crippen molar-refractivity contribution in [2.24, 2.45) is 11.7 Å². The van der Waals surface area contributed by atoms with Gasteiger partial charge in [0.2, 0.25) is 0 Å². The number of benzene rings is 2. The Balaban J connectivity index is 0.000000169. The van der Waals surface area contributed by atoms with Gasteiger partial charge in [0.1, 0.15) is 5.75 Å². The van der Waals surface area contributed by atoms with E-state index in [1.165, 1.54) is 25.7 Å². The second-order valence-corrected chi connectivity index (χ2v) is 7.75. The number of nitrogens with two attached hydrogens (primary N) is 1. The number of carbonyl (C=O) groups is 1. The number of aromatic amines is 1. The van der Waals surface area contributed by atoms with Crippen LogP contribution < -0.4 is 10.5 Å². The first-order chi connectivity index (χ1) is 14.1. The Hall–Kier alpha value is -3.01. The number of rotatable bonds is 4. The molecule has 152 valence electrons. The molecule has 1 aliphatic carbocycles. The number of hydrogen-bond donors (Lipinski definition) is 2. The number of aromatic nitrogens is 1. The van der Waals surface area contributed by atoms with Crippen LogP contribution in [0.25, 0.3) is 11.1 Å². The lowest BCUT2D eigenvalue weighted by molar-refractivity contribution is 0.100. The van der Waals surface area contributed by atoms with E-state index in [-0.39, 0.29) is 0 Å². The molecule has 29 heavy (non-hydrogen) atoms. The second-order valence-electron chi connectivity index (χ2n) is 7.75. The molecule has 3 aromatic rings. The third kappa shape index (κ3) is 5.50. The Morgan fingerprint density at radius 1 is 1.00 bits per heavy atom. The minimum atomic E-state index is -0.445. The number of amides is 1. The Morgan fingerprint density at radius 3 is 2.38 bits per heavy atom. The number of carbonyl (C=O) groups excluding carboxylic acids is 1. The summed E-state index contributed by atoms with van der Waals surface area (Å²) in [5.41, 5.74) is 8.99. The van der Waals surface area contributed by atoms with E-state index in [9.17, 15) is 4.79 Å². The molecule has 1 fully saturated rings. The minimum Gasteiger partial charge on any atom is -0.497 e. The highest BCUT2D eigenvalue weighted by atomic mass is 16.5. The van der Waals surface area contributed by atoms with Gasteiger partial charge in [-0.3, -0.25) is 4.79 Å². The Kier molecular flexibility index (Phi) is 7.12. The first-order valence-corrected chi connectivity index (χ1v) is 10.2. The standard InChI is InChI=1S/C13H18.C12H12N2O2/c1-11-7-9-13(10-8-11)12-5-3-2-4-6-12;1-16-9-4-2-3-8(5-9)10-6-14-7-11(10)12(13)15/h2-6,11,13H,7-10H2,1H3;2-7,14H,1H3,(H2,13,15). The van der Waals surface area contributed by atoms with Gasteiger partial charge in [-0.1, -0.05) is 62.2 Å². The summed E-state index contributed by atoms with van der Waals surface area (Å²) in [5.74, 6) is 2.10. The first-order valence-electron chi connectivity index (χ1n) is 10.2. The SMILES string of the molecule is CC1CCC(c2ccccc2)CC1.COc1cccc(-c2c[nH]cc2C(N)=O)c1. The molecule has 4 rings (SSSR count). The molecule has 0 bridgehead atoms. The number of H-pyrrole nitrogens is 1. The van der Waals surface area contributed by atoms with Crippen molar-refractivity contribution in [3.63, 3.8) is 0 Å². The van der Waals surface area contributed by atoms with Crippen LogP contribution in [0.4, 0.5) is 0 Å². The number of primary amides is 1. The van der Waals surface area contributed by atoms with Gasteiger partial charge in [0.15, 0.2) is 0 Å². The van der Waals surface area contributed by atoms with Crippen molar-refractivity contribution >= 4 is 5.91 Å². The van der Waals surface area contributed by atoms with E-state index >= 15 is 0 Å². The summed E-state index contributed by atoms with van der Waals surface area (Å²) in [5, 5.41) is 0.